The summed E-state index contributed by atoms with van der Waals surface area (Å²) in [7, 11) is -3.11. The molecule has 0 aliphatic heterocycles. The van der Waals surface area contributed by atoms with Gasteiger partial charge in [-0.3, -0.25) is 0 Å². The highest BCUT2D eigenvalue weighted by Gasteiger charge is 2.15. The van der Waals surface area contributed by atoms with Crippen molar-refractivity contribution in [1.29, 1.82) is 0 Å². The number of carboxylic acids is 2. The first kappa shape index (κ1) is 15.3. The van der Waals surface area contributed by atoms with E-state index in [-0.39, 0.29) is 16.5 Å². The minimum Gasteiger partial charge on any atom is -0.478 e. The molecule has 7 nitrogen and oxygen atoms in total. The van der Waals surface area contributed by atoms with Crippen LogP contribution in [0.4, 0.5) is 0 Å². The van der Waals surface area contributed by atoms with Gasteiger partial charge in [-0.05, 0) is 17.5 Å². The Bertz CT molecular complexity index is 722. The van der Waals surface area contributed by atoms with Crippen LogP contribution in [0.25, 0.3) is 10.8 Å². The Labute approximate surface area is 114 Å². The molecule has 0 aliphatic rings. The lowest BCUT2D eigenvalue weighted by Gasteiger charge is -2.05. The van der Waals surface area contributed by atoms with E-state index in [9.17, 15) is 9.59 Å². The van der Waals surface area contributed by atoms with Crippen molar-refractivity contribution in [3.63, 3.8) is 0 Å². The molecule has 20 heavy (non-hydrogen) atoms. The number of hydrogen-bond acceptors (Lipinski definition) is 5. The van der Waals surface area contributed by atoms with E-state index in [4.69, 9.17) is 22.8 Å². The monoisotopic (exact) mass is 296 g/mol. The minimum absolute atomic E-state index is 0.00972. The van der Waals surface area contributed by atoms with Gasteiger partial charge in [0.05, 0.1) is 11.1 Å². The predicted octanol–water partition coefficient (Wildman–Crippen LogP) is 1.23. The molecule has 2 rings (SSSR count). The van der Waals surface area contributed by atoms with E-state index >= 15 is 0 Å². The Kier molecular flexibility index (Phi) is 4.93. The standard InChI is InChI=1S/C12H8O4.O3S/c13-11(14)8-5-1-3-7-4-2-6-9(10(7)8)12(15)16;1-4(2)3/h1-6H,(H,13,14)(H,15,16);. The highest BCUT2D eigenvalue weighted by atomic mass is 32.2. The van der Waals surface area contributed by atoms with Crippen molar-refractivity contribution in [2.75, 3.05) is 0 Å². The lowest BCUT2D eigenvalue weighted by Crippen LogP contribution is -2.03. The van der Waals surface area contributed by atoms with Crippen LogP contribution in [-0.4, -0.2) is 34.8 Å². The predicted molar refractivity (Wildman–Crippen MR) is 67.6 cm³/mol. The molecule has 0 atom stereocenters. The van der Waals surface area contributed by atoms with Crippen molar-refractivity contribution < 1.29 is 32.4 Å². The average molecular weight is 296 g/mol. The first-order valence-electron chi connectivity index (χ1n) is 5.09. The number of carboxylic acid groups (broad SMARTS) is 2. The topological polar surface area (TPSA) is 126 Å². The van der Waals surface area contributed by atoms with Gasteiger partial charge in [0.1, 0.15) is 0 Å². The third-order valence-electron chi connectivity index (χ3n) is 2.37. The zero-order chi connectivity index (χ0) is 15.3. The summed E-state index contributed by atoms with van der Waals surface area (Å²) in [4.78, 5) is 22.0. The fourth-order valence-electron chi connectivity index (χ4n) is 1.70. The highest BCUT2D eigenvalue weighted by molar-refractivity contribution is 7.59. The number of carbonyl (C=O) groups is 2. The molecule has 0 saturated carbocycles. The van der Waals surface area contributed by atoms with Gasteiger partial charge in [0.2, 0.25) is 0 Å². The van der Waals surface area contributed by atoms with Gasteiger partial charge in [0.25, 0.3) is 0 Å². The second-order valence-electron chi connectivity index (χ2n) is 3.52. The number of hydrogen-bond donors (Lipinski definition) is 2. The van der Waals surface area contributed by atoms with Gasteiger partial charge in [-0.15, -0.1) is 12.6 Å². The van der Waals surface area contributed by atoms with Gasteiger partial charge in [-0.1, -0.05) is 24.3 Å². The van der Waals surface area contributed by atoms with Crippen LogP contribution in [0.15, 0.2) is 36.4 Å². The van der Waals surface area contributed by atoms with Gasteiger partial charge in [0.15, 0.2) is 0 Å². The van der Waals surface area contributed by atoms with E-state index in [1.165, 1.54) is 12.1 Å². The first-order valence-corrected chi connectivity index (χ1v) is 6.09. The molecule has 0 unspecified atom stereocenters. The molecule has 0 saturated heterocycles. The SMILES string of the molecule is O=C(O)c1cccc2cccc(C(=O)O)c12.O=S(=O)=O. The van der Waals surface area contributed by atoms with Crippen LogP contribution in [0, 0.1) is 0 Å². The Hall–Kier alpha value is -2.74. The van der Waals surface area contributed by atoms with Crippen molar-refractivity contribution in [3.05, 3.63) is 47.5 Å². The summed E-state index contributed by atoms with van der Waals surface area (Å²) in [5.74, 6) is -2.25. The van der Waals surface area contributed by atoms with E-state index in [1.54, 1.807) is 24.3 Å². The van der Waals surface area contributed by atoms with Crippen LogP contribution in [0.5, 0.6) is 0 Å². The summed E-state index contributed by atoms with van der Waals surface area (Å²) in [5.41, 5.74) is 0.0194. The molecule has 0 bridgehead atoms. The van der Waals surface area contributed by atoms with E-state index in [0.29, 0.717) is 5.39 Å². The lowest BCUT2D eigenvalue weighted by molar-refractivity contribution is 0.0695. The van der Waals surface area contributed by atoms with E-state index in [1.807, 2.05) is 0 Å². The molecule has 0 aromatic heterocycles. The molecular weight excluding hydrogens is 288 g/mol. The van der Waals surface area contributed by atoms with Crippen LogP contribution in [-0.2, 0) is 10.6 Å². The average Bonchev–Trinajstić information content (AvgIpc) is 2.36. The fraction of sp³-hybridized carbons (Fsp3) is 0. The quantitative estimate of drug-likeness (QED) is 0.853. The Morgan fingerprint density at radius 1 is 0.800 bits per heavy atom. The zero-order valence-electron chi connectivity index (χ0n) is 9.81. The van der Waals surface area contributed by atoms with Gasteiger partial charge < -0.3 is 10.2 Å². The lowest BCUT2D eigenvalue weighted by atomic mass is 9.99. The van der Waals surface area contributed by atoms with Gasteiger partial charge in [-0.2, -0.15) is 0 Å². The third-order valence-corrected chi connectivity index (χ3v) is 2.37. The number of fused-ring (bicyclic) bond motifs is 1. The molecule has 0 radical (unpaired) electrons. The minimum atomic E-state index is -3.11. The summed E-state index contributed by atoms with van der Waals surface area (Å²) in [6.45, 7) is 0. The Morgan fingerprint density at radius 2 is 1.15 bits per heavy atom. The smallest absolute Gasteiger partial charge is 0.425 e. The van der Waals surface area contributed by atoms with E-state index in [2.05, 4.69) is 0 Å². The maximum atomic E-state index is 11.0. The van der Waals surface area contributed by atoms with Gasteiger partial charge >= 0.3 is 22.5 Å². The van der Waals surface area contributed by atoms with Crippen molar-refractivity contribution in [1.82, 2.24) is 0 Å². The molecule has 2 aromatic carbocycles. The molecule has 0 aliphatic carbocycles. The largest absolute Gasteiger partial charge is 0.478 e. The number of aromatic carboxylic acids is 2. The second-order valence-corrected chi connectivity index (χ2v) is 3.93. The summed E-state index contributed by atoms with van der Waals surface area (Å²) in [5, 5.41) is 18.9. The third kappa shape index (κ3) is 3.62. The zero-order valence-corrected chi connectivity index (χ0v) is 10.6. The fourth-order valence-corrected chi connectivity index (χ4v) is 1.70. The van der Waals surface area contributed by atoms with Crippen LogP contribution < -0.4 is 0 Å². The van der Waals surface area contributed by atoms with Crippen LogP contribution in [0.2, 0.25) is 0 Å². The van der Waals surface area contributed by atoms with E-state index < -0.39 is 22.5 Å². The second kappa shape index (κ2) is 6.43. The summed E-state index contributed by atoms with van der Waals surface area (Å²) >= 11 is 0. The van der Waals surface area contributed by atoms with Crippen molar-refractivity contribution in [2.24, 2.45) is 0 Å². The molecule has 0 spiro atoms. The molecule has 2 aromatic rings. The Balaban J connectivity index is 0.000000444. The van der Waals surface area contributed by atoms with Crippen molar-refractivity contribution in [3.8, 4) is 0 Å². The number of rotatable bonds is 2. The summed E-state index contributed by atoms with van der Waals surface area (Å²) in [6.07, 6.45) is 0. The van der Waals surface area contributed by atoms with Gasteiger partial charge in [-0.25, -0.2) is 9.59 Å². The maximum absolute atomic E-state index is 11.0. The summed E-state index contributed by atoms with van der Waals surface area (Å²) in [6, 6.07) is 9.37. The van der Waals surface area contributed by atoms with Crippen molar-refractivity contribution >= 4 is 33.3 Å². The van der Waals surface area contributed by atoms with E-state index in [0.717, 1.165) is 0 Å². The molecular formula is C12H8O7S. The van der Waals surface area contributed by atoms with Gasteiger partial charge in [0, 0.05) is 5.39 Å². The molecule has 0 heterocycles. The molecule has 8 heteroatoms. The Morgan fingerprint density at radius 3 is 1.45 bits per heavy atom. The van der Waals surface area contributed by atoms with Crippen molar-refractivity contribution in [2.45, 2.75) is 0 Å². The van der Waals surface area contributed by atoms with Crippen LogP contribution in [0.1, 0.15) is 20.7 Å². The normalized spacial score (nSPS) is 9.40. The van der Waals surface area contributed by atoms with Crippen LogP contribution >= 0.6 is 0 Å². The molecule has 0 amide bonds. The molecule has 2 N–H and O–H groups in total. The first-order chi connectivity index (χ1) is 9.34. The highest BCUT2D eigenvalue weighted by Crippen LogP contribution is 2.23. The van der Waals surface area contributed by atoms with Crippen LogP contribution in [0.3, 0.4) is 0 Å². The molecule has 0 fully saturated rings. The molecule has 104 valence electrons. The summed E-state index contributed by atoms with van der Waals surface area (Å²) < 4.78 is 25.3. The maximum Gasteiger partial charge on any atom is 0.425 e. The number of benzene rings is 2.